The summed E-state index contributed by atoms with van der Waals surface area (Å²) in [4.78, 5) is 28.8. The highest BCUT2D eigenvalue weighted by Crippen LogP contribution is 2.45. The highest BCUT2D eigenvalue weighted by molar-refractivity contribution is 5.96. The molecule has 9 heteroatoms. The van der Waals surface area contributed by atoms with Crippen molar-refractivity contribution in [2.75, 3.05) is 26.7 Å². The quantitative estimate of drug-likeness (QED) is 0.283. The van der Waals surface area contributed by atoms with Gasteiger partial charge in [0.15, 0.2) is 0 Å². The second-order valence-electron chi connectivity index (χ2n) is 11.0. The van der Waals surface area contributed by atoms with Crippen LogP contribution in [0.4, 0.5) is 8.78 Å². The Hall–Kier alpha value is -3.56. The molecule has 0 heterocycles. The van der Waals surface area contributed by atoms with Gasteiger partial charge < -0.3 is 25.8 Å². The van der Waals surface area contributed by atoms with Crippen LogP contribution in [0.15, 0.2) is 65.8 Å². The van der Waals surface area contributed by atoms with Crippen LogP contribution in [0, 0.1) is 23.0 Å². The molecular weight excluding hydrogens is 540 g/mol. The molecule has 0 aromatic heterocycles. The fraction of sp³-hybridized carbons (Fsp3) is 0.455. The van der Waals surface area contributed by atoms with Crippen molar-refractivity contribution >= 4 is 11.8 Å². The number of nitrogens with two attached hydrogens (primary N) is 1. The number of hydrogen-bond donors (Lipinski definition) is 3. The molecule has 3 atom stereocenters. The van der Waals surface area contributed by atoms with Crippen molar-refractivity contribution in [2.45, 2.75) is 59.1 Å². The number of primary amides is 1. The third-order valence-corrected chi connectivity index (χ3v) is 7.87. The van der Waals surface area contributed by atoms with Gasteiger partial charge in [-0.3, -0.25) is 9.59 Å². The first-order valence-electron chi connectivity index (χ1n) is 14.5. The average molecular weight is 584 g/mol. The maximum Gasteiger partial charge on any atom is 0.244 e. The second kappa shape index (κ2) is 15.1. The van der Waals surface area contributed by atoms with Crippen LogP contribution >= 0.6 is 0 Å². The molecule has 0 saturated heterocycles. The normalized spacial score (nSPS) is 18.1. The summed E-state index contributed by atoms with van der Waals surface area (Å²) in [7, 11) is 1.58. The molecule has 0 spiro atoms. The number of carbonyl (C=O) groups is 2. The van der Waals surface area contributed by atoms with Gasteiger partial charge in [0, 0.05) is 43.7 Å². The van der Waals surface area contributed by atoms with Crippen molar-refractivity contribution in [3.63, 3.8) is 0 Å². The number of carbonyl (C=O) groups excluding carboxylic acids is 2. The molecule has 1 aliphatic carbocycles. The lowest BCUT2D eigenvalue weighted by atomic mass is 9.63. The molecule has 0 aliphatic heterocycles. The Morgan fingerprint density at radius 3 is 2.36 bits per heavy atom. The maximum atomic E-state index is 14.5. The molecule has 4 N–H and O–H groups in total. The van der Waals surface area contributed by atoms with Crippen LogP contribution in [0.1, 0.15) is 51.2 Å². The second-order valence-corrected chi connectivity index (χ2v) is 11.0. The predicted molar refractivity (Wildman–Crippen MR) is 160 cm³/mol. The Morgan fingerprint density at radius 2 is 1.76 bits per heavy atom. The first kappa shape index (κ1) is 32.9. The van der Waals surface area contributed by atoms with Crippen LogP contribution in [0.2, 0.25) is 0 Å². The topological polar surface area (TPSA) is 105 Å². The van der Waals surface area contributed by atoms with E-state index in [0.717, 1.165) is 11.6 Å². The highest BCUT2D eigenvalue weighted by atomic mass is 19.1. The lowest BCUT2D eigenvalue weighted by Gasteiger charge is -2.44. The van der Waals surface area contributed by atoms with E-state index in [1.54, 1.807) is 31.1 Å². The van der Waals surface area contributed by atoms with Gasteiger partial charge in [0.2, 0.25) is 11.8 Å². The van der Waals surface area contributed by atoms with Crippen molar-refractivity contribution in [1.82, 2.24) is 10.2 Å². The molecular formula is C33H43F2N3O4. The molecule has 0 saturated carbocycles. The number of hydrogen-bond acceptors (Lipinski definition) is 5. The number of benzene rings is 2. The van der Waals surface area contributed by atoms with Crippen molar-refractivity contribution in [3.05, 3.63) is 88.5 Å². The zero-order valence-corrected chi connectivity index (χ0v) is 25.0. The molecule has 1 aliphatic rings. The lowest BCUT2D eigenvalue weighted by molar-refractivity contribution is -0.145. The van der Waals surface area contributed by atoms with E-state index in [4.69, 9.17) is 10.5 Å². The SMILES string of the molecule is CCCN(CCC)C(=O)C1([C@H](Cc2cc(F)cc(F)c2)[C@@H](O)CNCc2cccc(OC)c2)C=CC(C)=C(C(N)=O)C1. The van der Waals surface area contributed by atoms with E-state index < -0.39 is 35.0 Å². The number of aliphatic hydroxyl groups excluding tert-OH is 1. The third kappa shape index (κ3) is 8.04. The first-order valence-corrected chi connectivity index (χ1v) is 14.5. The molecule has 3 rings (SSSR count). The summed E-state index contributed by atoms with van der Waals surface area (Å²) in [6.45, 7) is 7.17. The van der Waals surface area contributed by atoms with Crippen LogP contribution in [0.3, 0.4) is 0 Å². The number of aliphatic hydroxyl groups is 1. The minimum absolute atomic E-state index is 0.00997. The number of ether oxygens (including phenoxy) is 1. The zero-order chi connectivity index (χ0) is 30.9. The van der Waals surface area contributed by atoms with Crippen LogP contribution in [-0.4, -0.2) is 54.7 Å². The monoisotopic (exact) mass is 583 g/mol. The molecule has 0 fully saturated rings. The molecule has 2 amide bonds. The molecule has 0 radical (unpaired) electrons. The maximum absolute atomic E-state index is 14.5. The number of nitrogens with zero attached hydrogens (tertiary/aromatic N) is 1. The number of halogens is 2. The Kier molecular flexibility index (Phi) is 11.8. The van der Waals surface area contributed by atoms with E-state index in [9.17, 15) is 23.5 Å². The standard InChI is InChI=1S/C33H43F2N3O4/c1-5-12-38(13-6-2)32(41)33(11-10-22(3)28(19-33)31(36)40)29(17-24-14-25(34)18-26(35)15-24)30(39)21-37-20-23-8-7-9-27(16-23)42-4/h7-11,14-16,18,29-30,37,39H,5-6,12-13,17,19-21H2,1-4H3,(H2,36,40)/t29-,30+,33?/m1/s1. The van der Waals surface area contributed by atoms with Gasteiger partial charge in [-0.1, -0.05) is 38.1 Å². The van der Waals surface area contributed by atoms with Crippen molar-refractivity contribution in [2.24, 2.45) is 17.1 Å². The van der Waals surface area contributed by atoms with E-state index in [2.05, 4.69) is 5.32 Å². The van der Waals surface area contributed by atoms with Crippen LogP contribution in [0.5, 0.6) is 5.75 Å². The molecule has 42 heavy (non-hydrogen) atoms. The van der Waals surface area contributed by atoms with Gasteiger partial charge >= 0.3 is 0 Å². The van der Waals surface area contributed by atoms with E-state index in [0.29, 0.717) is 54.9 Å². The van der Waals surface area contributed by atoms with Crippen LogP contribution < -0.4 is 15.8 Å². The smallest absolute Gasteiger partial charge is 0.244 e. The van der Waals surface area contributed by atoms with E-state index in [1.807, 2.05) is 38.1 Å². The summed E-state index contributed by atoms with van der Waals surface area (Å²) in [6.07, 6.45) is 3.72. The Morgan fingerprint density at radius 1 is 1.10 bits per heavy atom. The molecule has 228 valence electrons. The van der Waals surface area contributed by atoms with Gasteiger partial charge in [-0.2, -0.15) is 0 Å². The predicted octanol–water partition coefficient (Wildman–Crippen LogP) is 4.68. The number of allylic oxidation sites excluding steroid dienone is 2. The first-order chi connectivity index (χ1) is 20.0. The van der Waals surface area contributed by atoms with Gasteiger partial charge in [-0.25, -0.2) is 8.78 Å². The van der Waals surface area contributed by atoms with Crippen LogP contribution in [-0.2, 0) is 22.6 Å². The summed E-state index contributed by atoms with van der Waals surface area (Å²) in [5.74, 6) is -2.54. The summed E-state index contributed by atoms with van der Waals surface area (Å²) in [5, 5.41) is 15.0. The zero-order valence-electron chi connectivity index (χ0n) is 25.0. The van der Waals surface area contributed by atoms with Crippen molar-refractivity contribution in [3.8, 4) is 5.75 Å². The summed E-state index contributed by atoms with van der Waals surface area (Å²) < 4.78 is 33.9. The average Bonchev–Trinajstić information content (AvgIpc) is 2.95. The summed E-state index contributed by atoms with van der Waals surface area (Å²) in [6, 6.07) is 10.7. The number of methoxy groups -OCH3 is 1. The van der Waals surface area contributed by atoms with Crippen molar-refractivity contribution in [1.29, 1.82) is 0 Å². The molecule has 7 nitrogen and oxygen atoms in total. The van der Waals surface area contributed by atoms with Gasteiger partial charge in [0.25, 0.3) is 0 Å². The van der Waals surface area contributed by atoms with E-state index >= 15 is 0 Å². The summed E-state index contributed by atoms with van der Waals surface area (Å²) in [5.41, 5.74) is 6.56. The van der Waals surface area contributed by atoms with Crippen molar-refractivity contribution < 1.29 is 28.2 Å². The van der Waals surface area contributed by atoms with Gasteiger partial charge in [-0.15, -0.1) is 0 Å². The molecule has 1 unspecified atom stereocenters. The molecule has 2 aromatic rings. The largest absolute Gasteiger partial charge is 0.497 e. The highest BCUT2D eigenvalue weighted by Gasteiger charge is 2.50. The Balaban J connectivity index is 2.06. The fourth-order valence-electron chi connectivity index (χ4n) is 5.79. The summed E-state index contributed by atoms with van der Waals surface area (Å²) >= 11 is 0. The third-order valence-electron chi connectivity index (χ3n) is 7.87. The van der Waals surface area contributed by atoms with Crippen LogP contribution in [0.25, 0.3) is 0 Å². The van der Waals surface area contributed by atoms with Gasteiger partial charge in [0.1, 0.15) is 17.4 Å². The van der Waals surface area contributed by atoms with E-state index in [1.165, 1.54) is 12.1 Å². The molecule has 2 aromatic carbocycles. The Labute approximate surface area is 247 Å². The Bertz CT molecular complexity index is 1290. The van der Waals surface area contributed by atoms with Gasteiger partial charge in [-0.05, 0) is 73.6 Å². The number of nitrogens with one attached hydrogen (secondary N) is 1. The number of amides is 2. The van der Waals surface area contributed by atoms with E-state index in [-0.39, 0.29) is 25.3 Å². The lowest BCUT2D eigenvalue weighted by Crippen LogP contribution is -2.54. The minimum atomic E-state index is -1.38. The minimum Gasteiger partial charge on any atom is -0.497 e. The fourth-order valence-corrected chi connectivity index (χ4v) is 5.79. The number of rotatable bonds is 15. The molecule has 0 bridgehead atoms. The van der Waals surface area contributed by atoms with Gasteiger partial charge in [0.05, 0.1) is 18.6 Å².